The number of nitrogens with zero attached hydrogens (tertiary/aromatic N) is 4. The molecule has 0 atom stereocenters. The molecule has 24 rings (SSSR count). The first kappa shape index (κ1) is 77.7. The van der Waals surface area contributed by atoms with E-state index >= 15 is 0 Å². The molecule has 17 aromatic carbocycles. The van der Waals surface area contributed by atoms with Crippen LogP contribution in [0.3, 0.4) is 0 Å². The first-order chi connectivity index (χ1) is 61.7. The number of fused-ring (bicyclic) bond motifs is 23. The molecule has 1 aromatic heterocycles. The van der Waals surface area contributed by atoms with Crippen molar-refractivity contribution in [2.75, 3.05) is 14.7 Å². The molecule has 0 N–H and O–H groups in total. The van der Waals surface area contributed by atoms with Crippen molar-refractivity contribution in [1.82, 2.24) is 4.57 Å². The van der Waals surface area contributed by atoms with Crippen LogP contribution in [-0.4, -0.2) is 18.0 Å². The van der Waals surface area contributed by atoms with E-state index in [2.05, 4.69) is 469 Å². The number of anilines is 9. The summed E-state index contributed by atoms with van der Waals surface area (Å²) in [5.41, 5.74) is 43.2. The molecule has 1 spiro atoms. The van der Waals surface area contributed by atoms with Crippen molar-refractivity contribution >= 4 is 130 Å². The third kappa shape index (κ3) is 11.4. The van der Waals surface area contributed by atoms with Gasteiger partial charge in [-0.25, -0.2) is 0 Å². The Bertz CT molecular complexity index is 7540. The van der Waals surface area contributed by atoms with Crippen LogP contribution < -0.4 is 52.2 Å². The first-order valence-electron chi connectivity index (χ1n) is 45.9. The average Bonchev–Trinajstić information content (AvgIpc) is 1.35. The van der Waals surface area contributed by atoms with Gasteiger partial charge in [-0.15, -0.1) is 0 Å². The maximum absolute atomic E-state index is 8.37. The van der Waals surface area contributed by atoms with Crippen LogP contribution in [0.1, 0.15) is 154 Å². The highest BCUT2D eigenvalue weighted by Crippen LogP contribution is 2.65. The molecule has 5 heterocycles. The topological polar surface area (TPSA) is 23.9 Å². The Hall–Kier alpha value is -13.9. The summed E-state index contributed by atoms with van der Waals surface area (Å²) in [4.78, 5) is 7.94. The highest BCUT2D eigenvalue weighted by atomic mass is 16.5. The number of hydrogen-bond donors (Lipinski definition) is 0. The number of rotatable bonds is 7. The van der Waals surface area contributed by atoms with Crippen LogP contribution in [0, 0.1) is 0 Å². The molecule has 0 saturated heterocycles. The lowest BCUT2D eigenvalue weighted by Gasteiger charge is -2.46. The van der Waals surface area contributed by atoms with E-state index < -0.39 is 5.41 Å². The van der Waals surface area contributed by atoms with E-state index in [1.807, 2.05) is 0 Å². The predicted molar refractivity (Wildman–Crippen MR) is 544 cm³/mol. The van der Waals surface area contributed by atoms with E-state index in [4.69, 9.17) is 4.74 Å². The Kier molecular flexibility index (Phi) is 16.7. The quantitative estimate of drug-likeness (QED) is 0.148. The third-order valence-corrected chi connectivity index (χ3v) is 29.1. The summed E-state index contributed by atoms with van der Waals surface area (Å²) in [5.74, 6) is 1.68. The smallest absolute Gasteiger partial charge is 0.256 e. The molecule has 5 nitrogen and oxygen atoms in total. The van der Waals surface area contributed by atoms with E-state index in [-0.39, 0.29) is 40.5 Å². The van der Waals surface area contributed by atoms with Gasteiger partial charge in [-0.05, 0) is 257 Å². The fourth-order valence-electron chi connectivity index (χ4n) is 22.8. The highest BCUT2D eigenvalue weighted by Gasteiger charge is 2.54. The van der Waals surface area contributed by atoms with Crippen LogP contribution in [0.25, 0.3) is 93.9 Å². The summed E-state index contributed by atoms with van der Waals surface area (Å²) < 4.78 is 11.0. The molecule has 7 heteroatoms. The van der Waals surface area contributed by atoms with Gasteiger partial charge in [-0.2, -0.15) is 0 Å². The van der Waals surface area contributed by atoms with Gasteiger partial charge >= 0.3 is 0 Å². The van der Waals surface area contributed by atoms with Crippen molar-refractivity contribution in [3.05, 3.63) is 396 Å². The Labute approximate surface area is 753 Å². The second kappa shape index (κ2) is 27.6. The number of para-hydroxylation sites is 3. The molecule has 0 fully saturated rings. The van der Waals surface area contributed by atoms with E-state index in [1.165, 1.54) is 122 Å². The average molecular weight is 1650 g/mol. The van der Waals surface area contributed by atoms with E-state index in [0.29, 0.717) is 0 Å². The summed E-state index contributed by atoms with van der Waals surface area (Å²) in [6.07, 6.45) is 0. The lowest BCUT2D eigenvalue weighted by atomic mass is 9.30. The van der Waals surface area contributed by atoms with E-state index in [0.717, 1.165) is 118 Å². The van der Waals surface area contributed by atoms with Crippen molar-refractivity contribution in [2.24, 2.45) is 0 Å². The number of aromatic nitrogens is 1. The molecule has 0 saturated carbocycles. The lowest BCUT2D eigenvalue weighted by molar-refractivity contribution is 0.488. The zero-order valence-corrected chi connectivity index (χ0v) is 75.8. The van der Waals surface area contributed by atoms with Crippen LogP contribution >= 0.6 is 0 Å². The van der Waals surface area contributed by atoms with Crippen molar-refractivity contribution in [2.45, 2.75) is 136 Å². The zero-order valence-electron chi connectivity index (χ0n) is 75.8. The molecule has 0 unspecified atom stereocenters. The van der Waals surface area contributed by atoms with Crippen molar-refractivity contribution in [3.63, 3.8) is 0 Å². The first-order valence-corrected chi connectivity index (χ1v) is 45.9. The van der Waals surface area contributed by atoms with Crippen LogP contribution in [-0.2, 0) is 32.5 Å². The Morgan fingerprint density at radius 3 is 1.24 bits per heavy atom. The van der Waals surface area contributed by atoms with Gasteiger partial charge < -0.3 is 24.0 Å². The molecule has 6 aliphatic rings. The largest absolute Gasteiger partial charge is 0.458 e. The van der Waals surface area contributed by atoms with Crippen molar-refractivity contribution < 1.29 is 4.74 Å². The minimum absolute atomic E-state index is 0.0813. The van der Waals surface area contributed by atoms with Crippen LogP contribution in [0.4, 0.5) is 51.2 Å². The fourth-order valence-corrected chi connectivity index (χ4v) is 22.8. The maximum Gasteiger partial charge on any atom is 0.256 e. The highest BCUT2D eigenvalue weighted by molar-refractivity contribution is 7.02. The lowest BCUT2D eigenvalue weighted by Crippen LogP contribution is -2.64. The number of benzene rings is 17. The van der Waals surface area contributed by atoms with Gasteiger partial charge in [0.25, 0.3) is 13.4 Å². The fraction of sp³-hybridized carbons (Fsp3) is 0.174. The van der Waals surface area contributed by atoms with Gasteiger partial charge in [0.1, 0.15) is 11.5 Å². The van der Waals surface area contributed by atoms with Crippen LogP contribution in [0.2, 0.25) is 0 Å². The molecule has 18 aromatic rings. The van der Waals surface area contributed by atoms with Gasteiger partial charge in [0.15, 0.2) is 0 Å². The van der Waals surface area contributed by atoms with E-state index in [9.17, 15) is 0 Å². The van der Waals surface area contributed by atoms with Crippen LogP contribution in [0.5, 0.6) is 11.5 Å². The molecule has 0 radical (unpaired) electrons. The Balaban J connectivity index is 0.811. The molecule has 0 amide bonds. The minimum atomic E-state index is -0.577. The van der Waals surface area contributed by atoms with Crippen molar-refractivity contribution in [1.29, 1.82) is 0 Å². The van der Waals surface area contributed by atoms with Crippen molar-refractivity contribution in [3.8, 4) is 72.8 Å². The van der Waals surface area contributed by atoms with Crippen LogP contribution in [0.15, 0.2) is 346 Å². The summed E-state index contributed by atoms with van der Waals surface area (Å²) in [7, 11) is 0. The molecule has 128 heavy (non-hydrogen) atoms. The van der Waals surface area contributed by atoms with Gasteiger partial charge in [-0.1, -0.05) is 347 Å². The standard InChI is InChI=1S/C121H102B2N4O/c1-116(2,3)77-55-58-102-93(65-77)94-66-78(117(4,5)6)56-59-103(94)125(102)84-69-107-112-108(70-84)126(83-63-79(118(7,8)9)62-80(64-83)119(10,11)12)106-72-109-101(71-100(106)122(112)98-50-31-33-52-104(98)124(107)82-40-23-18-24-41-82)123-99-51-32-34-53-105(99)127(114-91(73-36-19-16-20-37-73)67-81(120(13,14)15)68-92(114)74-38-21-17-22-39-74)115-86-57-54-75(60-76(86)61-110(128-109)113(115)123)85-45-35-46-90-89-44-27-30-49-97(89)121(111(85)90)95-47-28-25-42-87(95)88-43-26-29-48-96(88)121/h16-72H,1-15H3. The number of hydrogen-bond acceptors (Lipinski definition) is 4. The molecule has 0 bridgehead atoms. The zero-order chi connectivity index (χ0) is 87.3. The second-order valence-corrected chi connectivity index (χ2v) is 41.9. The van der Waals surface area contributed by atoms with E-state index in [1.54, 1.807) is 0 Å². The maximum atomic E-state index is 8.37. The molecule has 2 aliphatic carbocycles. The summed E-state index contributed by atoms with van der Waals surface area (Å²) in [6, 6.07) is 134. The molecular weight excluding hydrogens is 1550 g/mol. The summed E-state index contributed by atoms with van der Waals surface area (Å²) in [5, 5.41) is 4.73. The Morgan fingerprint density at radius 1 is 0.250 bits per heavy atom. The number of ether oxygens (including phenoxy) is 1. The monoisotopic (exact) mass is 1650 g/mol. The third-order valence-electron chi connectivity index (χ3n) is 29.1. The van der Waals surface area contributed by atoms with Gasteiger partial charge in [0, 0.05) is 73.2 Å². The summed E-state index contributed by atoms with van der Waals surface area (Å²) in [6.45, 7) is 34.8. The van der Waals surface area contributed by atoms with Gasteiger partial charge in [0.05, 0.1) is 33.5 Å². The van der Waals surface area contributed by atoms with Gasteiger partial charge in [-0.3, -0.25) is 0 Å². The SMILES string of the molecule is CC(C)(C)c1cc(N2c3cc4c(cc3B3c5ccccc5N(c5ccccc5)c5cc(-n6c7ccc(C(C)(C)C)cc7c7cc(C(C)(C)C)ccc76)cc2c53)B2c3ccccc3N(c3c(-c5ccccc5)cc(C(C)(C)C)cc3-c3ccccc3)c3c2c(cc2cc(-c5cccc6c5C5(c7ccccc7-c7ccccc75)c5ccccc5-6)ccc32)O4)cc(C(C)(C)C)c1. The minimum Gasteiger partial charge on any atom is -0.458 e. The normalized spacial score (nSPS) is 14.3. The molecular formula is C121H102B2N4O. The Morgan fingerprint density at radius 2 is 0.703 bits per heavy atom. The molecule has 4 aliphatic heterocycles. The van der Waals surface area contributed by atoms with Gasteiger partial charge in [0.2, 0.25) is 0 Å². The predicted octanol–water partition coefficient (Wildman–Crippen LogP) is 28.3. The summed E-state index contributed by atoms with van der Waals surface area (Å²) >= 11 is 0. The molecule has 618 valence electrons. The second-order valence-electron chi connectivity index (χ2n) is 41.9.